The van der Waals surface area contributed by atoms with Gasteiger partial charge in [-0.3, -0.25) is 9.59 Å². The molecule has 0 aromatic heterocycles. The highest BCUT2D eigenvalue weighted by molar-refractivity contribution is 5.95. The molecule has 146 valence electrons. The molecule has 0 spiro atoms. The zero-order valence-electron chi connectivity index (χ0n) is 15.2. The summed E-state index contributed by atoms with van der Waals surface area (Å²) in [5, 5.41) is 2.74. The number of rotatable bonds is 6. The number of methoxy groups -OCH3 is 1. The van der Waals surface area contributed by atoms with Crippen LogP contribution in [-0.2, 0) is 14.3 Å². The van der Waals surface area contributed by atoms with Gasteiger partial charge in [-0.1, -0.05) is 12.1 Å². The Morgan fingerprint density at radius 3 is 2.43 bits per heavy atom. The maximum atomic E-state index is 13.5. The molecule has 0 aliphatic carbocycles. The lowest BCUT2D eigenvalue weighted by Gasteiger charge is -2.38. The smallest absolute Gasteiger partial charge is 0.337 e. The number of anilines is 1. The fourth-order valence-corrected chi connectivity index (χ4v) is 2.69. The van der Waals surface area contributed by atoms with Gasteiger partial charge in [-0.05, 0) is 36.4 Å². The van der Waals surface area contributed by atoms with E-state index in [4.69, 9.17) is 4.74 Å². The summed E-state index contributed by atoms with van der Waals surface area (Å²) in [6, 6.07) is 12.2. The highest BCUT2D eigenvalue weighted by Gasteiger charge is 2.35. The number of ether oxygens (including phenoxy) is 2. The van der Waals surface area contributed by atoms with Crippen molar-refractivity contribution >= 4 is 23.5 Å². The summed E-state index contributed by atoms with van der Waals surface area (Å²) >= 11 is 0. The van der Waals surface area contributed by atoms with Gasteiger partial charge in [0.15, 0.2) is 18.2 Å². The molecule has 1 fully saturated rings. The van der Waals surface area contributed by atoms with Gasteiger partial charge >= 0.3 is 5.97 Å². The number of likely N-dealkylation sites (tertiary alicyclic amines) is 1. The van der Waals surface area contributed by atoms with Gasteiger partial charge in [-0.15, -0.1) is 0 Å². The van der Waals surface area contributed by atoms with Crippen molar-refractivity contribution in [2.75, 3.05) is 32.1 Å². The summed E-state index contributed by atoms with van der Waals surface area (Å²) in [6.45, 7) is 0.251. The number of nitrogens with one attached hydrogen (secondary N) is 1. The first-order chi connectivity index (χ1) is 13.5. The molecule has 2 aromatic rings. The Morgan fingerprint density at radius 1 is 1.11 bits per heavy atom. The largest absolute Gasteiger partial charge is 0.481 e. The number of esters is 1. The first-order valence-corrected chi connectivity index (χ1v) is 8.62. The number of hydrogen-bond acceptors (Lipinski definition) is 5. The average molecular weight is 386 g/mol. The first kappa shape index (κ1) is 19.3. The maximum Gasteiger partial charge on any atom is 0.337 e. The predicted octanol–water partition coefficient (Wildman–Crippen LogP) is 2.09. The van der Waals surface area contributed by atoms with E-state index in [2.05, 4.69) is 10.1 Å². The van der Waals surface area contributed by atoms with Crippen molar-refractivity contribution in [2.24, 2.45) is 5.92 Å². The third-order valence-corrected chi connectivity index (χ3v) is 4.37. The van der Waals surface area contributed by atoms with Gasteiger partial charge in [0.1, 0.15) is 0 Å². The van der Waals surface area contributed by atoms with E-state index in [0.717, 1.165) is 0 Å². The van der Waals surface area contributed by atoms with Crippen LogP contribution in [0.5, 0.6) is 5.75 Å². The zero-order valence-corrected chi connectivity index (χ0v) is 15.2. The van der Waals surface area contributed by atoms with Gasteiger partial charge in [0, 0.05) is 18.8 Å². The lowest BCUT2D eigenvalue weighted by Crippen LogP contribution is -2.55. The molecule has 0 radical (unpaired) electrons. The Kier molecular flexibility index (Phi) is 5.88. The SMILES string of the molecule is COC(=O)c1ccc(NC(=O)C2CN(C(=O)COc3ccccc3F)C2)cc1. The number of nitrogens with zero attached hydrogens (tertiary/aromatic N) is 1. The van der Waals surface area contributed by atoms with Crippen LogP contribution in [-0.4, -0.2) is 49.5 Å². The van der Waals surface area contributed by atoms with Crippen LogP contribution in [0.1, 0.15) is 10.4 Å². The topological polar surface area (TPSA) is 84.9 Å². The van der Waals surface area contributed by atoms with Crippen molar-refractivity contribution in [3.05, 3.63) is 59.9 Å². The van der Waals surface area contributed by atoms with Crippen molar-refractivity contribution in [1.82, 2.24) is 4.90 Å². The molecular formula is C20H19FN2O5. The summed E-state index contributed by atoms with van der Waals surface area (Å²) in [7, 11) is 1.29. The second kappa shape index (κ2) is 8.51. The lowest BCUT2D eigenvalue weighted by molar-refractivity contribution is -0.143. The van der Waals surface area contributed by atoms with Crippen LogP contribution in [0.4, 0.5) is 10.1 Å². The molecule has 1 aliphatic heterocycles. The molecule has 0 bridgehead atoms. The van der Waals surface area contributed by atoms with Gasteiger partial charge in [0.25, 0.3) is 5.91 Å². The summed E-state index contributed by atoms with van der Waals surface area (Å²) in [5.74, 6) is -1.84. The third-order valence-electron chi connectivity index (χ3n) is 4.37. The van der Waals surface area contributed by atoms with E-state index in [0.29, 0.717) is 11.3 Å². The Labute approximate surface area is 161 Å². The normalized spacial score (nSPS) is 13.4. The van der Waals surface area contributed by atoms with Crippen LogP contribution in [0, 0.1) is 11.7 Å². The highest BCUT2D eigenvalue weighted by atomic mass is 19.1. The molecule has 0 saturated carbocycles. The van der Waals surface area contributed by atoms with E-state index in [1.807, 2.05) is 0 Å². The molecule has 3 rings (SSSR count). The predicted molar refractivity (Wildman–Crippen MR) is 98.4 cm³/mol. The van der Waals surface area contributed by atoms with Crippen LogP contribution in [0.2, 0.25) is 0 Å². The van der Waals surface area contributed by atoms with E-state index in [-0.39, 0.29) is 43.2 Å². The number of hydrogen-bond donors (Lipinski definition) is 1. The second-order valence-electron chi connectivity index (χ2n) is 6.27. The molecule has 1 aliphatic rings. The highest BCUT2D eigenvalue weighted by Crippen LogP contribution is 2.20. The maximum absolute atomic E-state index is 13.5. The van der Waals surface area contributed by atoms with Crippen molar-refractivity contribution in [1.29, 1.82) is 0 Å². The van der Waals surface area contributed by atoms with Crippen LogP contribution >= 0.6 is 0 Å². The van der Waals surface area contributed by atoms with Crippen molar-refractivity contribution in [3.8, 4) is 5.75 Å². The summed E-state index contributed by atoms with van der Waals surface area (Å²) < 4.78 is 23.3. The summed E-state index contributed by atoms with van der Waals surface area (Å²) in [5.41, 5.74) is 0.932. The van der Waals surface area contributed by atoms with Crippen LogP contribution in [0.25, 0.3) is 0 Å². The van der Waals surface area contributed by atoms with E-state index in [1.54, 1.807) is 30.3 Å². The first-order valence-electron chi connectivity index (χ1n) is 8.62. The Bertz CT molecular complexity index is 878. The minimum absolute atomic E-state index is 0.0149. The van der Waals surface area contributed by atoms with E-state index >= 15 is 0 Å². The van der Waals surface area contributed by atoms with Crippen molar-refractivity contribution in [3.63, 3.8) is 0 Å². The molecule has 2 amide bonds. The summed E-state index contributed by atoms with van der Waals surface area (Å²) in [4.78, 5) is 37.2. The molecule has 8 heteroatoms. The van der Waals surface area contributed by atoms with Gasteiger partial charge in [0.2, 0.25) is 5.91 Å². The summed E-state index contributed by atoms with van der Waals surface area (Å²) in [6.07, 6.45) is 0. The van der Waals surface area contributed by atoms with Crippen molar-refractivity contribution < 1.29 is 28.2 Å². The molecule has 2 aromatic carbocycles. The van der Waals surface area contributed by atoms with Gasteiger partial charge in [0.05, 0.1) is 18.6 Å². The van der Waals surface area contributed by atoms with Crippen LogP contribution in [0.3, 0.4) is 0 Å². The minimum atomic E-state index is -0.533. The van der Waals surface area contributed by atoms with Crippen LogP contribution < -0.4 is 10.1 Å². The Balaban J connectivity index is 1.44. The molecule has 28 heavy (non-hydrogen) atoms. The van der Waals surface area contributed by atoms with Gasteiger partial charge in [-0.25, -0.2) is 9.18 Å². The Hall–Kier alpha value is -3.42. The monoisotopic (exact) mass is 386 g/mol. The molecule has 1 N–H and O–H groups in total. The quantitative estimate of drug-likeness (QED) is 0.769. The van der Waals surface area contributed by atoms with Crippen molar-refractivity contribution in [2.45, 2.75) is 0 Å². The third kappa shape index (κ3) is 4.46. The lowest BCUT2D eigenvalue weighted by atomic mass is 9.99. The van der Waals surface area contributed by atoms with E-state index < -0.39 is 11.8 Å². The molecule has 0 unspecified atom stereocenters. The van der Waals surface area contributed by atoms with Gasteiger partial charge in [-0.2, -0.15) is 0 Å². The van der Waals surface area contributed by atoms with Gasteiger partial charge < -0.3 is 19.7 Å². The number of amides is 2. The zero-order chi connectivity index (χ0) is 20.1. The van der Waals surface area contributed by atoms with E-state index in [1.165, 1.54) is 30.2 Å². The minimum Gasteiger partial charge on any atom is -0.481 e. The van der Waals surface area contributed by atoms with E-state index in [9.17, 15) is 18.8 Å². The molecule has 1 heterocycles. The molecule has 1 saturated heterocycles. The standard InChI is InChI=1S/C20H19FN2O5/c1-27-20(26)13-6-8-15(9-7-13)22-19(25)14-10-23(11-14)18(24)12-28-17-5-3-2-4-16(17)21/h2-9,14H,10-12H2,1H3,(H,22,25). The Morgan fingerprint density at radius 2 is 1.79 bits per heavy atom. The number of carbonyl (C=O) groups excluding carboxylic acids is 3. The average Bonchev–Trinajstić information content (AvgIpc) is 2.66. The number of para-hydroxylation sites is 1. The fraction of sp³-hybridized carbons (Fsp3) is 0.250. The molecular weight excluding hydrogens is 367 g/mol. The number of benzene rings is 2. The second-order valence-corrected chi connectivity index (χ2v) is 6.27. The molecule has 7 nitrogen and oxygen atoms in total. The molecule has 0 atom stereocenters. The number of halogens is 1. The van der Waals surface area contributed by atoms with Crippen LogP contribution in [0.15, 0.2) is 48.5 Å². The fourth-order valence-electron chi connectivity index (χ4n) is 2.69. The number of carbonyl (C=O) groups is 3.